The molecule has 1 atom stereocenters. The molecule has 0 saturated carbocycles. The minimum atomic E-state index is -1.20. The van der Waals surface area contributed by atoms with E-state index in [1.807, 2.05) is 0 Å². The molecule has 0 spiro atoms. The first-order valence-corrected chi connectivity index (χ1v) is 11.7. The Morgan fingerprint density at radius 3 is 2.51 bits per heavy atom. The van der Waals surface area contributed by atoms with Crippen molar-refractivity contribution in [2.45, 2.75) is 13.0 Å². The first kappa shape index (κ1) is 30.2. The Balaban J connectivity index is 0.00000108. The summed E-state index contributed by atoms with van der Waals surface area (Å²) in [5.74, 6) is -3.01. The molecule has 0 aliphatic carbocycles. The van der Waals surface area contributed by atoms with E-state index in [9.17, 15) is 9.18 Å². The van der Waals surface area contributed by atoms with Crippen LogP contribution in [0.4, 0.5) is 14.5 Å². The number of aromatic nitrogens is 5. The normalized spacial score (nSPS) is 11.1. The average Bonchev–Trinajstić information content (AvgIpc) is 3.32. The Morgan fingerprint density at radius 2 is 1.93 bits per heavy atom. The van der Waals surface area contributed by atoms with Crippen LogP contribution in [0.1, 0.15) is 29.9 Å². The summed E-state index contributed by atoms with van der Waals surface area (Å²) in [6.07, 6.45) is 2.84. The summed E-state index contributed by atoms with van der Waals surface area (Å²) >= 11 is 0. The second-order valence-electron chi connectivity index (χ2n) is 8.08. The van der Waals surface area contributed by atoms with Gasteiger partial charge < -0.3 is 30.7 Å². The maximum Gasteiger partial charge on any atom is 0.350 e. The highest BCUT2D eigenvalue weighted by molar-refractivity contribution is 5.95. The van der Waals surface area contributed by atoms with Crippen molar-refractivity contribution in [2.75, 3.05) is 25.6 Å². The van der Waals surface area contributed by atoms with Gasteiger partial charge in [0.25, 0.3) is 11.9 Å². The fraction of sp³-hybridized carbons (Fsp3) is 0.200. The number of carboxylic acids is 1. The predicted octanol–water partition coefficient (Wildman–Crippen LogP) is 1.58. The molecule has 2 aromatic carbocycles. The molecule has 2 heterocycles. The zero-order valence-electron chi connectivity index (χ0n) is 21.8. The number of benzene rings is 2. The molecule has 16 heteroatoms. The van der Waals surface area contributed by atoms with Crippen LogP contribution in [0.25, 0.3) is 5.95 Å². The number of H-pyrrole nitrogens is 1. The average molecular weight is 573 g/mol. The first-order valence-electron chi connectivity index (χ1n) is 11.7. The maximum absolute atomic E-state index is 15.7. The van der Waals surface area contributed by atoms with Gasteiger partial charge >= 0.3 is 5.69 Å². The number of methoxy groups -OCH3 is 1. The van der Waals surface area contributed by atoms with E-state index in [1.54, 1.807) is 6.07 Å². The highest BCUT2D eigenvalue weighted by atomic mass is 19.1. The van der Waals surface area contributed by atoms with E-state index in [0.29, 0.717) is 0 Å². The van der Waals surface area contributed by atoms with Crippen molar-refractivity contribution in [2.24, 2.45) is 5.73 Å². The summed E-state index contributed by atoms with van der Waals surface area (Å²) in [6, 6.07) is 6.80. The number of nitrogens with two attached hydrogens (primary N) is 1. The molecule has 7 N–H and O–H groups in total. The number of hydrogen-bond donors (Lipinski definition) is 6. The first-order chi connectivity index (χ1) is 19.5. The largest absolute Gasteiger partial charge is 0.497 e. The third-order valence-corrected chi connectivity index (χ3v) is 5.16. The third kappa shape index (κ3) is 7.60. The zero-order valence-corrected chi connectivity index (χ0v) is 21.8. The van der Waals surface area contributed by atoms with E-state index in [2.05, 4.69) is 25.4 Å². The van der Waals surface area contributed by atoms with Crippen molar-refractivity contribution in [1.82, 2.24) is 24.7 Å². The molecule has 4 aromatic rings. The summed E-state index contributed by atoms with van der Waals surface area (Å²) in [6.45, 7) is 0.542. The number of aliphatic hydroxyl groups is 1. The lowest BCUT2D eigenvalue weighted by atomic mass is 10.0. The maximum atomic E-state index is 15.7. The Bertz CT molecular complexity index is 1570. The fourth-order valence-electron chi connectivity index (χ4n) is 3.47. The molecule has 2 aromatic heterocycles. The number of ether oxygens (including phenoxy) is 2. The molecular formula is C25H26F2N8O6. The molecule has 14 nitrogen and oxygen atoms in total. The Labute approximate surface area is 230 Å². The standard InChI is InChI=1S/C23H22F2N8O4.C2H4O2/c1-36-13-10-15(18(25)17(11-13)37-8-7-34)19(30-12-3-4-14(20(26)27)16(24)9-12)21-31-23(35)33(32-21)22-28-5-2-6-29-22;1-2(3)4/h2-6,9-11,19,30,34H,7-8H2,1H3,(H3,26,27)(H,31,32,35);1H3,(H,3,4). The Morgan fingerprint density at radius 1 is 1.24 bits per heavy atom. The second kappa shape index (κ2) is 13.6. The highest BCUT2D eigenvalue weighted by Gasteiger charge is 2.27. The number of nitrogens with one attached hydrogen (secondary N) is 3. The van der Waals surface area contributed by atoms with Gasteiger partial charge in [0.15, 0.2) is 17.4 Å². The quantitative estimate of drug-likeness (QED) is 0.118. The van der Waals surface area contributed by atoms with Gasteiger partial charge in [-0.1, -0.05) is 0 Å². The van der Waals surface area contributed by atoms with E-state index in [1.165, 1.54) is 43.8 Å². The smallest absolute Gasteiger partial charge is 0.350 e. The molecule has 41 heavy (non-hydrogen) atoms. The molecular weight excluding hydrogens is 546 g/mol. The molecule has 216 valence electrons. The molecule has 0 aliphatic heterocycles. The van der Waals surface area contributed by atoms with Gasteiger partial charge in [-0.2, -0.15) is 0 Å². The molecule has 0 saturated heterocycles. The number of carbonyl (C=O) groups is 1. The Kier molecular flexibility index (Phi) is 10.0. The summed E-state index contributed by atoms with van der Waals surface area (Å²) < 4.78 is 41.7. The van der Waals surface area contributed by atoms with E-state index in [-0.39, 0.29) is 53.3 Å². The number of carboxylic acid groups (broad SMARTS) is 1. The predicted molar refractivity (Wildman–Crippen MR) is 141 cm³/mol. The van der Waals surface area contributed by atoms with E-state index in [4.69, 9.17) is 35.6 Å². The van der Waals surface area contributed by atoms with Crippen LogP contribution in [0.15, 0.2) is 53.6 Å². The summed E-state index contributed by atoms with van der Waals surface area (Å²) in [5.41, 5.74) is 4.67. The lowest BCUT2D eigenvalue weighted by Crippen LogP contribution is -2.18. The number of hydrogen-bond acceptors (Lipinski definition) is 10. The molecule has 0 aliphatic rings. The van der Waals surface area contributed by atoms with Crippen molar-refractivity contribution in [3.05, 3.63) is 87.9 Å². The van der Waals surface area contributed by atoms with Gasteiger partial charge in [-0.15, -0.1) is 9.78 Å². The lowest BCUT2D eigenvalue weighted by molar-refractivity contribution is -0.134. The van der Waals surface area contributed by atoms with Gasteiger partial charge in [-0.3, -0.25) is 15.2 Å². The van der Waals surface area contributed by atoms with Crippen LogP contribution in [0.2, 0.25) is 0 Å². The molecule has 4 rings (SSSR count). The van der Waals surface area contributed by atoms with Crippen molar-refractivity contribution in [3.63, 3.8) is 0 Å². The van der Waals surface area contributed by atoms with E-state index >= 15 is 4.39 Å². The van der Waals surface area contributed by atoms with Gasteiger partial charge in [0.2, 0.25) is 0 Å². The van der Waals surface area contributed by atoms with Gasteiger partial charge in [0, 0.05) is 36.6 Å². The second-order valence-corrected chi connectivity index (χ2v) is 8.08. The monoisotopic (exact) mass is 572 g/mol. The number of halogens is 2. The van der Waals surface area contributed by atoms with Crippen LogP contribution in [0.3, 0.4) is 0 Å². The highest BCUT2D eigenvalue weighted by Crippen LogP contribution is 2.35. The SMILES string of the molecule is CC(=O)O.COc1cc(OCCO)c(F)c(C(Nc2ccc(C(=N)N)c(F)c2)c2nn(-c3ncccn3)c(=O)[nH]2)c1. The number of nitrogens with zero attached hydrogens (tertiary/aromatic N) is 4. The van der Waals surface area contributed by atoms with Crippen LogP contribution in [0, 0.1) is 17.0 Å². The van der Waals surface area contributed by atoms with Crippen molar-refractivity contribution in [3.8, 4) is 17.4 Å². The van der Waals surface area contributed by atoms with Crippen LogP contribution in [-0.2, 0) is 4.79 Å². The van der Waals surface area contributed by atoms with Gasteiger partial charge in [-0.05, 0) is 30.3 Å². The molecule has 1 unspecified atom stereocenters. The summed E-state index contributed by atoms with van der Waals surface area (Å²) in [5, 5.41) is 31.2. The minimum absolute atomic E-state index is 0.0244. The van der Waals surface area contributed by atoms with Crippen molar-refractivity contribution in [1.29, 1.82) is 5.41 Å². The number of rotatable bonds is 10. The van der Waals surface area contributed by atoms with E-state index < -0.39 is 35.2 Å². The number of nitrogen functional groups attached to an aromatic ring is 1. The number of anilines is 1. The number of aromatic amines is 1. The molecule has 0 bridgehead atoms. The van der Waals surface area contributed by atoms with E-state index in [0.717, 1.165) is 17.7 Å². The lowest BCUT2D eigenvalue weighted by Gasteiger charge is -2.21. The zero-order chi connectivity index (χ0) is 30.1. The number of amidine groups is 1. The topological polar surface area (TPSA) is 214 Å². The van der Waals surface area contributed by atoms with Crippen molar-refractivity contribution >= 4 is 17.5 Å². The number of aliphatic carboxylic acids is 1. The van der Waals surface area contributed by atoms with Crippen molar-refractivity contribution < 1.29 is 33.3 Å². The van der Waals surface area contributed by atoms with Crippen LogP contribution >= 0.6 is 0 Å². The third-order valence-electron chi connectivity index (χ3n) is 5.16. The molecule has 0 fully saturated rings. The summed E-state index contributed by atoms with van der Waals surface area (Å²) in [7, 11) is 1.37. The van der Waals surface area contributed by atoms with Gasteiger partial charge in [-0.25, -0.2) is 23.5 Å². The van der Waals surface area contributed by atoms with Crippen LogP contribution in [0.5, 0.6) is 11.5 Å². The van der Waals surface area contributed by atoms with Crippen LogP contribution < -0.4 is 26.2 Å². The number of aliphatic hydroxyl groups excluding tert-OH is 1. The van der Waals surface area contributed by atoms with Gasteiger partial charge in [0.1, 0.15) is 30.1 Å². The minimum Gasteiger partial charge on any atom is -0.497 e. The Hall–Kier alpha value is -5.38. The van der Waals surface area contributed by atoms with Gasteiger partial charge in [0.05, 0.1) is 19.3 Å². The molecule has 0 radical (unpaired) electrons. The summed E-state index contributed by atoms with van der Waals surface area (Å²) in [4.78, 5) is 32.2. The van der Waals surface area contributed by atoms with Crippen LogP contribution in [-0.4, -0.2) is 67.1 Å². The fourth-order valence-corrected chi connectivity index (χ4v) is 3.47. The molecule has 0 amide bonds.